The van der Waals surface area contributed by atoms with E-state index >= 15 is 0 Å². The Balaban J connectivity index is 2.26. The summed E-state index contributed by atoms with van der Waals surface area (Å²) in [5.74, 6) is 0.895. The van der Waals surface area contributed by atoms with E-state index in [1.165, 1.54) is 38.6 Å². The van der Waals surface area contributed by atoms with Gasteiger partial charge in [0.05, 0.1) is 0 Å². The monoisotopic (exact) mass is 184 g/mol. The van der Waals surface area contributed by atoms with Gasteiger partial charge in [0.2, 0.25) is 0 Å². The van der Waals surface area contributed by atoms with Gasteiger partial charge in [-0.05, 0) is 38.8 Å². The van der Waals surface area contributed by atoms with Gasteiger partial charge in [0.25, 0.3) is 0 Å². The molecule has 0 aromatic carbocycles. The fourth-order valence-corrected chi connectivity index (χ4v) is 2.13. The van der Waals surface area contributed by atoms with Gasteiger partial charge in [-0.15, -0.1) is 0 Å². The Labute approximate surface area is 82.5 Å². The first-order valence-electron chi connectivity index (χ1n) is 5.70. The number of rotatable bonds is 6. The molecule has 1 atom stereocenters. The summed E-state index contributed by atoms with van der Waals surface area (Å²) in [6.45, 7) is 4.30. The van der Waals surface area contributed by atoms with Crippen molar-refractivity contribution >= 4 is 0 Å². The van der Waals surface area contributed by atoms with Crippen LogP contribution in [0.5, 0.6) is 0 Å². The van der Waals surface area contributed by atoms with Crippen LogP contribution in [0, 0.1) is 5.92 Å². The third-order valence-electron chi connectivity index (χ3n) is 3.37. The molecule has 0 aromatic heterocycles. The maximum absolute atomic E-state index is 5.81. The second-order valence-electron chi connectivity index (χ2n) is 4.33. The average molecular weight is 184 g/mol. The smallest absolute Gasteiger partial charge is 0.0243 e. The van der Waals surface area contributed by atoms with Crippen LogP contribution >= 0.6 is 0 Å². The lowest BCUT2D eigenvalue weighted by Crippen LogP contribution is -2.46. The highest BCUT2D eigenvalue weighted by atomic mass is 15.1. The van der Waals surface area contributed by atoms with Crippen molar-refractivity contribution in [3.05, 3.63) is 0 Å². The molecule has 78 valence electrons. The fraction of sp³-hybridized carbons (Fsp3) is 1.00. The van der Waals surface area contributed by atoms with Crippen molar-refractivity contribution in [2.45, 2.75) is 45.1 Å². The Morgan fingerprint density at radius 2 is 2.15 bits per heavy atom. The lowest BCUT2D eigenvalue weighted by Gasteiger charge is -2.38. The van der Waals surface area contributed by atoms with Crippen LogP contribution in [0.4, 0.5) is 0 Å². The number of nitrogens with zero attached hydrogens (tertiary/aromatic N) is 1. The summed E-state index contributed by atoms with van der Waals surface area (Å²) in [4.78, 5) is 2.47. The van der Waals surface area contributed by atoms with Gasteiger partial charge in [0, 0.05) is 12.6 Å². The summed E-state index contributed by atoms with van der Waals surface area (Å²) in [7, 11) is 2.23. The van der Waals surface area contributed by atoms with Crippen LogP contribution in [-0.2, 0) is 0 Å². The van der Waals surface area contributed by atoms with E-state index in [9.17, 15) is 0 Å². The van der Waals surface area contributed by atoms with Crippen LogP contribution in [0.2, 0.25) is 0 Å². The van der Waals surface area contributed by atoms with Gasteiger partial charge in [-0.25, -0.2) is 0 Å². The maximum atomic E-state index is 5.81. The first-order chi connectivity index (χ1) is 6.29. The molecule has 0 radical (unpaired) electrons. The SMILES string of the molecule is CCCCN(C)C(CN)C1CCC1. The highest BCUT2D eigenvalue weighted by molar-refractivity contribution is 4.84. The third-order valence-corrected chi connectivity index (χ3v) is 3.37. The number of unbranched alkanes of at least 4 members (excludes halogenated alkanes) is 1. The Kier molecular flexibility index (Phi) is 4.74. The molecule has 1 rings (SSSR count). The molecule has 1 fully saturated rings. The zero-order valence-electron chi connectivity index (χ0n) is 9.13. The van der Waals surface area contributed by atoms with Crippen LogP contribution < -0.4 is 5.73 Å². The van der Waals surface area contributed by atoms with Crippen LogP contribution in [-0.4, -0.2) is 31.1 Å². The molecule has 0 saturated heterocycles. The van der Waals surface area contributed by atoms with Crippen LogP contribution in [0.1, 0.15) is 39.0 Å². The van der Waals surface area contributed by atoms with Gasteiger partial charge < -0.3 is 10.6 Å². The van der Waals surface area contributed by atoms with Gasteiger partial charge in [-0.1, -0.05) is 19.8 Å². The average Bonchev–Trinajstić information content (AvgIpc) is 2.06. The Morgan fingerprint density at radius 3 is 2.54 bits per heavy atom. The van der Waals surface area contributed by atoms with Gasteiger partial charge >= 0.3 is 0 Å². The third kappa shape index (κ3) is 2.96. The predicted octanol–water partition coefficient (Wildman–Crippen LogP) is 1.85. The highest BCUT2D eigenvalue weighted by Gasteiger charge is 2.28. The number of likely N-dealkylation sites (N-methyl/N-ethyl adjacent to an activating group) is 1. The minimum Gasteiger partial charge on any atom is -0.329 e. The van der Waals surface area contributed by atoms with E-state index < -0.39 is 0 Å². The molecule has 0 amide bonds. The zero-order chi connectivity index (χ0) is 9.68. The number of hydrogen-bond donors (Lipinski definition) is 1. The molecule has 1 unspecified atom stereocenters. The molecule has 2 N–H and O–H groups in total. The van der Waals surface area contributed by atoms with E-state index in [1.54, 1.807) is 0 Å². The van der Waals surface area contributed by atoms with E-state index in [0.717, 1.165) is 12.5 Å². The van der Waals surface area contributed by atoms with E-state index in [0.29, 0.717) is 6.04 Å². The Bertz CT molecular complexity index is 132. The van der Waals surface area contributed by atoms with E-state index in [4.69, 9.17) is 5.73 Å². The van der Waals surface area contributed by atoms with Gasteiger partial charge in [-0.3, -0.25) is 0 Å². The molecule has 2 heteroatoms. The molecular weight excluding hydrogens is 160 g/mol. The first kappa shape index (κ1) is 11.0. The molecule has 1 aliphatic carbocycles. The van der Waals surface area contributed by atoms with Crippen LogP contribution in [0.15, 0.2) is 0 Å². The quantitative estimate of drug-likeness (QED) is 0.682. The van der Waals surface area contributed by atoms with Gasteiger partial charge in [0.15, 0.2) is 0 Å². The Hall–Kier alpha value is -0.0800. The molecular formula is C11H24N2. The largest absolute Gasteiger partial charge is 0.329 e. The summed E-state index contributed by atoms with van der Waals surface area (Å²) in [5, 5.41) is 0. The van der Waals surface area contributed by atoms with E-state index in [2.05, 4.69) is 18.9 Å². The minimum absolute atomic E-state index is 0.653. The molecule has 0 heterocycles. The second kappa shape index (κ2) is 5.61. The lowest BCUT2D eigenvalue weighted by atomic mass is 9.79. The molecule has 1 saturated carbocycles. The predicted molar refractivity (Wildman–Crippen MR) is 57.7 cm³/mol. The zero-order valence-corrected chi connectivity index (χ0v) is 9.13. The number of hydrogen-bond acceptors (Lipinski definition) is 2. The summed E-state index contributed by atoms with van der Waals surface area (Å²) >= 11 is 0. The summed E-state index contributed by atoms with van der Waals surface area (Å²) in [6.07, 6.45) is 6.81. The normalized spacial score (nSPS) is 20.3. The topological polar surface area (TPSA) is 29.3 Å². The fourth-order valence-electron chi connectivity index (χ4n) is 2.13. The molecule has 0 bridgehead atoms. The summed E-state index contributed by atoms with van der Waals surface area (Å²) < 4.78 is 0. The molecule has 2 nitrogen and oxygen atoms in total. The Morgan fingerprint density at radius 1 is 1.46 bits per heavy atom. The highest BCUT2D eigenvalue weighted by Crippen LogP contribution is 2.31. The number of nitrogens with two attached hydrogens (primary N) is 1. The van der Waals surface area contributed by atoms with Crippen molar-refractivity contribution in [2.75, 3.05) is 20.1 Å². The van der Waals surface area contributed by atoms with Crippen molar-refractivity contribution < 1.29 is 0 Å². The molecule has 1 aliphatic rings. The van der Waals surface area contributed by atoms with E-state index in [1.807, 2.05) is 0 Å². The standard InChI is InChI=1S/C11H24N2/c1-3-4-8-13(2)11(9-12)10-6-5-7-10/h10-11H,3-9,12H2,1-2H3. The van der Waals surface area contributed by atoms with E-state index in [-0.39, 0.29) is 0 Å². The molecule has 0 spiro atoms. The van der Waals surface area contributed by atoms with Crippen LogP contribution in [0.25, 0.3) is 0 Å². The maximum Gasteiger partial charge on any atom is 0.0243 e. The van der Waals surface area contributed by atoms with Gasteiger partial charge in [0.1, 0.15) is 0 Å². The molecule has 0 aromatic rings. The van der Waals surface area contributed by atoms with Crippen molar-refractivity contribution in [1.29, 1.82) is 0 Å². The van der Waals surface area contributed by atoms with Crippen molar-refractivity contribution in [3.8, 4) is 0 Å². The minimum atomic E-state index is 0.653. The second-order valence-corrected chi connectivity index (χ2v) is 4.33. The lowest BCUT2D eigenvalue weighted by molar-refractivity contribution is 0.123. The van der Waals surface area contributed by atoms with Crippen LogP contribution in [0.3, 0.4) is 0 Å². The first-order valence-corrected chi connectivity index (χ1v) is 5.70. The van der Waals surface area contributed by atoms with Crippen molar-refractivity contribution in [1.82, 2.24) is 4.90 Å². The summed E-state index contributed by atoms with van der Waals surface area (Å²) in [5.41, 5.74) is 5.81. The molecule has 0 aliphatic heterocycles. The summed E-state index contributed by atoms with van der Waals surface area (Å²) in [6, 6.07) is 0.653. The van der Waals surface area contributed by atoms with Crippen molar-refractivity contribution in [2.24, 2.45) is 11.7 Å². The van der Waals surface area contributed by atoms with Crippen molar-refractivity contribution in [3.63, 3.8) is 0 Å². The van der Waals surface area contributed by atoms with Gasteiger partial charge in [-0.2, -0.15) is 0 Å². The molecule has 13 heavy (non-hydrogen) atoms.